The summed E-state index contributed by atoms with van der Waals surface area (Å²) >= 11 is 0. The molecule has 2 N–H and O–H groups in total. The van der Waals surface area contributed by atoms with Crippen LogP contribution in [0.15, 0.2) is 10.9 Å². The first-order valence-electron chi connectivity index (χ1n) is 4.57. The quantitative estimate of drug-likeness (QED) is 0.660. The van der Waals surface area contributed by atoms with Gasteiger partial charge in [-0.25, -0.2) is 4.79 Å². The Hall–Kier alpha value is -1.16. The van der Waals surface area contributed by atoms with Gasteiger partial charge < -0.3 is 10.3 Å². The van der Waals surface area contributed by atoms with E-state index in [1.165, 1.54) is 0 Å². The van der Waals surface area contributed by atoms with Crippen molar-refractivity contribution < 1.29 is 0 Å². The van der Waals surface area contributed by atoms with Gasteiger partial charge in [-0.3, -0.25) is 0 Å². The zero-order valence-corrected chi connectivity index (χ0v) is 7.63. The van der Waals surface area contributed by atoms with Crippen LogP contribution in [0.5, 0.6) is 0 Å². The van der Waals surface area contributed by atoms with E-state index in [0.29, 0.717) is 0 Å². The Morgan fingerprint density at radius 3 is 3.08 bits per heavy atom. The monoisotopic (exact) mass is 179 g/mol. The molecule has 0 aromatic carbocycles. The molecule has 13 heavy (non-hydrogen) atoms. The molecule has 0 bridgehead atoms. The first-order chi connectivity index (χ1) is 6.25. The highest BCUT2D eigenvalue weighted by Gasteiger charge is 2.17. The minimum Gasteiger partial charge on any atom is -0.310 e. The van der Waals surface area contributed by atoms with Crippen molar-refractivity contribution in [3.63, 3.8) is 0 Å². The van der Waals surface area contributed by atoms with Crippen molar-refractivity contribution in [1.82, 2.24) is 15.3 Å². The van der Waals surface area contributed by atoms with Crippen LogP contribution in [0.4, 0.5) is 0 Å². The standard InChI is InChI=1S/C9H13N3O/c1-6-5-8(12-9(13)11-6)7-3-2-4-10-7/h5,7,10H,2-4H2,1H3,(H,11,12,13)/t7-/m0/s1. The SMILES string of the molecule is Cc1cc([C@@H]2CCCN2)nc(=O)[nH]1. The molecule has 2 rings (SSSR count). The fourth-order valence-corrected chi connectivity index (χ4v) is 1.72. The topological polar surface area (TPSA) is 57.8 Å². The molecule has 1 atom stereocenters. The number of nitrogens with zero attached hydrogens (tertiary/aromatic N) is 1. The number of hydrogen-bond acceptors (Lipinski definition) is 3. The van der Waals surface area contributed by atoms with Crippen molar-refractivity contribution >= 4 is 0 Å². The second-order valence-electron chi connectivity index (χ2n) is 3.44. The molecule has 0 aliphatic carbocycles. The number of hydrogen-bond donors (Lipinski definition) is 2. The highest BCUT2D eigenvalue weighted by Crippen LogP contribution is 2.20. The van der Waals surface area contributed by atoms with Crippen LogP contribution in [0.3, 0.4) is 0 Å². The van der Waals surface area contributed by atoms with Crippen LogP contribution < -0.4 is 11.0 Å². The van der Waals surface area contributed by atoms with Crippen molar-refractivity contribution in [2.45, 2.75) is 25.8 Å². The van der Waals surface area contributed by atoms with Gasteiger partial charge in [-0.15, -0.1) is 0 Å². The summed E-state index contributed by atoms with van der Waals surface area (Å²) < 4.78 is 0. The van der Waals surface area contributed by atoms with Crippen LogP contribution in [0.2, 0.25) is 0 Å². The molecule has 1 aliphatic rings. The van der Waals surface area contributed by atoms with Crippen LogP contribution in [-0.2, 0) is 0 Å². The summed E-state index contributed by atoms with van der Waals surface area (Å²) in [5.41, 5.74) is 1.51. The van der Waals surface area contributed by atoms with Crippen molar-refractivity contribution in [3.05, 3.63) is 27.9 Å². The molecule has 0 saturated carbocycles. The normalized spacial score (nSPS) is 22.1. The second-order valence-corrected chi connectivity index (χ2v) is 3.44. The van der Waals surface area contributed by atoms with E-state index >= 15 is 0 Å². The molecule has 1 saturated heterocycles. The molecule has 0 amide bonds. The van der Waals surface area contributed by atoms with E-state index in [2.05, 4.69) is 15.3 Å². The van der Waals surface area contributed by atoms with Gasteiger partial charge in [0.2, 0.25) is 0 Å². The van der Waals surface area contributed by atoms with Crippen LogP contribution in [-0.4, -0.2) is 16.5 Å². The van der Waals surface area contributed by atoms with Gasteiger partial charge in [-0.1, -0.05) is 0 Å². The zero-order chi connectivity index (χ0) is 9.26. The lowest BCUT2D eigenvalue weighted by atomic mass is 10.1. The summed E-state index contributed by atoms with van der Waals surface area (Å²) in [6, 6.07) is 2.21. The van der Waals surface area contributed by atoms with E-state index in [4.69, 9.17) is 0 Å². The lowest BCUT2D eigenvalue weighted by Crippen LogP contribution is -2.20. The molecule has 4 heteroatoms. The van der Waals surface area contributed by atoms with Gasteiger partial charge in [0, 0.05) is 11.7 Å². The molecular weight excluding hydrogens is 166 g/mol. The Balaban J connectivity index is 2.33. The molecule has 4 nitrogen and oxygen atoms in total. The maximum Gasteiger partial charge on any atom is 0.345 e. The molecule has 1 aromatic heterocycles. The predicted octanol–water partition coefficient (Wildman–Crippen LogP) is 0.503. The van der Waals surface area contributed by atoms with Gasteiger partial charge in [0.15, 0.2) is 0 Å². The van der Waals surface area contributed by atoms with Crippen molar-refractivity contribution in [2.75, 3.05) is 6.54 Å². The second kappa shape index (κ2) is 3.30. The lowest BCUT2D eigenvalue weighted by Gasteiger charge is -2.08. The minimum atomic E-state index is -0.247. The van der Waals surface area contributed by atoms with Gasteiger partial charge in [0.25, 0.3) is 0 Å². The van der Waals surface area contributed by atoms with E-state index in [1.807, 2.05) is 13.0 Å². The summed E-state index contributed by atoms with van der Waals surface area (Å²) in [6.45, 7) is 2.90. The third-order valence-electron chi connectivity index (χ3n) is 2.32. The summed E-state index contributed by atoms with van der Waals surface area (Å²) in [4.78, 5) is 17.7. The number of rotatable bonds is 1. The Morgan fingerprint density at radius 2 is 2.46 bits per heavy atom. The van der Waals surface area contributed by atoms with Crippen molar-refractivity contribution in [3.8, 4) is 0 Å². The Bertz CT molecular complexity index is 352. The Morgan fingerprint density at radius 1 is 1.62 bits per heavy atom. The fourth-order valence-electron chi connectivity index (χ4n) is 1.72. The number of aryl methyl sites for hydroxylation is 1. The third-order valence-corrected chi connectivity index (χ3v) is 2.32. The van der Waals surface area contributed by atoms with E-state index < -0.39 is 0 Å². The largest absolute Gasteiger partial charge is 0.345 e. The van der Waals surface area contributed by atoms with Crippen molar-refractivity contribution in [2.24, 2.45) is 0 Å². The zero-order valence-electron chi connectivity index (χ0n) is 7.63. The van der Waals surface area contributed by atoms with Gasteiger partial charge in [-0.2, -0.15) is 4.98 Å². The van der Waals surface area contributed by atoms with E-state index in [1.54, 1.807) is 0 Å². The van der Waals surface area contributed by atoms with Crippen LogP contribution in [0, 0.1) is 6.92 Å². The molecule has 2 heterocycles. The Kier molecular flexibility index (Phi) is 2.14. The summed E-state index contributed by atoms with van der Waals surface area (Å²) in [6.07, 6.45) is 2.24. The van der Waals surface area contributed by atoms with Gasteiger partial charge in [-0.05, 0) is 32.4 Å². The molecule has 0 spiro atoms. The maximum absolute atomic E-state index is 11.1. The predicted molar refractivity (Wildman–Crippen MR) is 49.6 cm³/mol. The summed E-state index contributed by atoms with van der Waals surface area (Å²) in [7, 11) is 0. The minimum absolute atomic E-state index is 0.247. The first-order valence-corrected chi connectivity index (χ1v) is 4.57. The fraction of sp³-hybridized carbons (Fsp3) is 0.556. The van der Waals surface area contributed by atoms with E-state index in [-0.39, 0.29) is 11.7 Å². The van der Waals surface area contributed by atoms with E-state index in [0.717, 1.165) is 30.8 Å². The lowest BCUT2D eigenvalue weighted by molar-refractivity contribution is 0.620. The van der Waals surface area contributed by atoms with Crippen LogP contribution in [0.1, 0.15) is 30.3 Å². The average Bonchev–Trinajstić information content (AvgIpc) is 2.53. The number of H-pyrrole nitrogens is 1. The molecule has 1 aliphatic heterocycles. The van der Waals surface area contributed by atoms with Crippen LogP contribution >= 0.6 is 0 Å². The van der Waals surface area contributed by atoms with Gasteiger partial charge in [0.1, 0.15) is 0 Å². The number of aromatic amines is 1. The van der Waals surface area contributed by atoms with E-state index in [9.17, 15) is 4.79 Å². The first kappa shape index (κ1) is 8.44. The molecule has 0 radical (unpaired) electrons. The molecule has 0 unspecified atom stereocenters. The van der Waals surface area contributed by atoms with Crippen LogP contribution in [0.25, 0.3) is 0 Å². The third kappa shape index (κ3) is 1.78. The van der Waals surface area contributed by atoms with Crippen molar-refractivity contribution in [1.29, 1.82) is 0 Å². The smallest absolute Gasteiger partial charge is 0.310 e. The maximum atomic E-state index is 11.1. The summed E-state index contributed by atoms with van der Waals surface area (Å²) in [5, 5.41) is 3.31. The van der Waals surface area contributed by atoms with Gasteiger partial charge in [0.05, 0.1) is 5.69 Å². The molecule has 70 valence electrons. The highest BCUT2D eigenvalue weighted by molar-refractivity contribution is 5.11. The number of aromatic nitrogens is 2. The Labute approximate surface area is 76.4 Å². The average molecular weight is 179 g/mol. The molecular formula is C9H13N3O. The number of nitrogens with one attached hydrogen (secondary N) is 2. The molecule has 1 aromatic rings. The highest BCUT2D eigenvalue weighted by atomic mass is 16.1. The van der Waals surface area contributed by atoms with Gasteiger partial charge >= 0.3 is 5.69 Å². The molecule has 1 fully saturated rings. The summed E-state index contributed by atoms with van der Waals surface area (Å²) in [5.74, 6) is 0.